The number of carbonyl (C=O) groups is 2. The number of aromatic hydroxyl groups is 1. The molecule has 0 spiro atoms. The highest BCUT2D eigenvalue weighted by Gasteiger charge is 2.02. The monoisotopic (exact) mass is 312 g/mol. The Morgan fingerprint density at radius 3 is 2.52 bits per heavy atom. The number of carboxylic acids is 1. The molecule has 0 saturated carbocycles. The van der Waals surface area contributed by atoms with E-state index >= 15 is 0 Å². The molecule has 0 amide bonds. The van der Waals surface area contributed by atoms with Gasteiger partial charge >= 0.3 is 5.97 Å². The molecule has 5 nitrogen and oxygen atoms in total. The normalized spacial score (nSPS) is 10.6. The Labute approximate surface area is 133 Å². The van der Waals surface area contributed by atoms with Crippen molar-refractivity contribution in [3.05, 3.63) is 65.7 Å². The second-order valence-electron chi connectivity index (χ2n) is 4.81. The zero-order valence-electron chi connectivity index (χ0n) is 12.3. The summed E-state index contributed by atoms with van der Waals surface area (Å²) in [5.74, 6) is -0.440. The summed E-state index contributed by atoms with van der Waals surface area (Å²) in [5.41, 5.74) is 1.25. The topological polar surface area (TPSA) is 83.8 Å². The van der Waals surface area contributed by atoms with Gasteiger partial charge in [-0.3, -0.25) is 9.59 Å². The number of rotatable bonds is 7. The molecule has 2 rings (SSSR count). The van der Waals surface area contributed by atoms with E-state index in [9.17, 15) is 14.7 Å². The smallest absolute Gasteiger partial charge is 0.306 e. The largest absolute Gasteiger partial charge is 0.508 e. The lowest BCUT2D eigenvalue weighted by molar-refractivity contribution is -0.137. The van der Waals surface area contributed by atoms with Gasteiger partial charge in [0.15, 0.2) is 5.78 Å². The van der Waals surface area contributed by atoms with Crippen LogP contribution < -0.4 is 4.74 Å². The zero-order valence-corrected chi connectivity index (χ0v) is 12.3. The Hall–Kier alpha value is -3.08. The van der Waals surface area contributed by atoms with Crippen molar-refractivity contribution in [2.45, 2.75) is 6.42 Å². The molecule has 0 bridgehead atoms. The summed E-state index contributed by atoms with van der Waals surface area (Å²) in [6.07, 6.45) is 3.02. The van der Waals surface area contributed by atoms with Gasteiger partial charge in [-0.1, -0.05) is 18.2 Å². The first-order chi connectivity index (χ1) is 11.0. The quantitative estimate of drug-likeness (QED) is 0.606. The second kappa shape index (κ2) is 7.79. The molecule has 0 fully saturated rings. The summed E-state index contributed by atoms with van der Waals surface area (Å²) in [5, 5.41) is 17.8. The minimum Gasteiger partial charge on any atom is -0.508 e. The van der Waals surface area contributed by atoms with Crippen LogP contribution in [0.3, 0.4) is 0 Å². The summed E-state index contributed by atoms with van der Waals surface area (Å²) in [7, 11) is 0. The molecule has 0 aliphatic carbocycles. The van der Waals surface area contributed by atoms with Gasteiger partial charge in [0, 0.05) is 5.56 Å². The van der Waals surface area contributed by atoms with E-state index in [-0.39, 0.29) is 24.6 Å². The van der Waals surface area contributed by atoms with E-state index in [0.717, 1.165) is 5.56 Å². The van der Waals surface area contributed by atoms with Crippen molar-refractivity contribution in [2.24, 2.45) is 0 Å². The Bertz CT molecular complexity index is 716. The van der Waals surface area contributed by atoms with E-state index in [2.05, 4.69) is 0 Å². The van der Waals surface area contributed by atoms with Crippen molar-refractivity contribution in [2.75, 3.05) is 6.61 Å². The SMILES string of the molecule is O=C(O)CCOc1cccc(C=CC(=O)c2ccc(O)cc2)c1. The Morgan fingerprint density at radius 1 is 1.09 bits per heavy atom. The molecule has 0 radical (unpaired) electrons. The van der Waals surface area contributed by atoms with E-state index in [1.807, 2.05) is 6.07 Å². The summed E-state index contributed by atoms with van der Waals surface area (Å²) >= 11 is 0. The number of ketones is 1. The molecule has 0 saturated heterocycles. The second-order valence-corrected chi connectivity index (χ2v) is 4.81. The molecule has 2 N–H and O–H groups in total. The summed E-state index contributed by atoms with van der Waals surface area (Å²) in [6, 6.07) is 13.0. The first kappa shape index (κ1) is 16.3. The third-order valence-electron chi connectivity index (χ3n) is 3.02. The minimum atomic E-state index is -0.916. The highest BCUT2D eigenvalue weighted by molar-refractivity contribution is 6.06. The molecule has 2 aromatic rings. The highest BCUT2D eigenvalue weighted by atomic mass is 16.5. The number of aliphatic carboxylic acids is 1. The molecule has 5 heteroatoms. The maximum atomic E-state index is 12.0. The third-order valence-corrected chi connectivity index (χ3v) is 3.02. The van der Waals surface area contributed by atoms with E-state index in [1.165, 1.54) is 18.2 Å². The fourth-order valence-electron chi connectivity index (χ4n) is 1.86. The van der Waals surface area contributed by atoms with Crippen molar-refractivity contribution in [1.82, 2.24) is 0 Å². The first-order valence-corrected chi connectivity index (χ1v) is 7.01. The van der Waals surface area contributed by atoms with Gasteiger partial charge in [-0.15, -0.1) is 0 Å². The van der Waals surface area contributed by atoms with Crippen LogP contribution in [0.1, 0.15) is 22.3 Å². The third kappa shape index (κ3) is 5.32. The van der Waals surface area contributed by atoms with Gasteiger partial charge in [-0.05, 0) is 48.0 Å². The fraction of sp³-hybridized carbons (Fsp3) is 0.111. The number of hydrogen-bond acceptors (Lipinski definition) is 4. The number of carbonyl (C=O) groups excluding carboxylic acids is 1. The van der Waals surface area contributed by atoms with E-state index in [4.69, 9.17) is 9.84 Å². The summed E-state index contributed by atoms with van der Waals surface area (Å²) in [6.45, 7) is 0.0922. The Kier molecular flexibility index (Phi) is 5.52. The Morgan fingerprint density at radius 2 is 1.83 bits per heavy atom. The Balaban J connectivity index is 2.00. The lowest BCUT2D eigenvalue weighted by Crippen LogP contribution is -2.04. The molecule has 23 heavy (non-hydrogen) atoms. The number of phenolic OH excluding ortho intramolecular Hbond substituents is 1. The lowest BCUT2D eigenvalue weighted by Gasteiger charge is -2.05. The van der Waals surface area contributed by atoms with Gasteiger partial charge in [-0.2, -0.15) is 0 Å². The van der Waals surface area contributed by atoms with Gasteiger partial charge in [0.05, 0.1) is 13.0 Å². The lowest BCUT2D eigenvalue weighted by atomic mass is 10.1. The van der Waals surface area contributed by atoms with Crippen molar-refractivity contribution in [3.8, 4) is 11.5 Å². The molecule has 0 unspecified atom stereocenters. The summed E-state index contributed by atoms with van der Waals surface area (Å²) < 4.78 is 5.33. The number of carboxylic acid groups (broad SMARTS) is 1. The van der Waals surface area contributed by atoms with Crippen LogP contribution in [0, 0.1) is 0 Å². The maximum absolute atomic E-state index is 12.0. The van der Waals surface area contributed by atoms with Gasteiger partial charge in [0.2, 0.25) is 0 Å². The first-order valence-electron chi connectivity index (χ1n) is 7.01. The molecule has 0 aliphatic rings. The highest BCUT2D eigenvalue weighted by Crippen LogP contribution is 2.16. The minimum absolute atomic E-state index is 0.0700. The number of ether oxygens (including phenoxy) is 1. The number of allylic oxidation sites excluding steroid dienone is 1. The average Bonchev–Trinajstić information content (AvgIpc) is 2.53. The van der Waals surface area contributed by atoms with E-state index < -0.39 is 5.97 Å². The number of hydrogen-bond donors (Lipinski definition) is 2. The predicted octanol–water partition coefficient (Wildman–Crippen LogP) is 3.14. The predicted molar refractivity (Wildman–Crippen MR) is 85.7 cm³/mol. The van der Waals surface area contributed by atoms with Gasteiger partial charge in [0.1, 0.15) is 11.5 Å². The van der Waals surface area contributed by atoms with Crippen molar-refractivity contribution in [3.63, 3.8) is 0 Å². The van der Waals surface area contributed by atoms with Crippen LogP contribution in [0.15, 0.2) is 54.6 Å². The number of benzene rings is 2. The van der Waals surface area contributed by atoms with Gasteiger partial charge < -0.3 is 14.9 Å². The molecule has 0 aliphatic heterocycles. The van der Waals surface area contributed by atoms with Crippen LogP contribution >= 0.6 is 0 Å². The van der Waals surface area contributed by atoms with Crippen LogP contribution in [0.25, 0.3) is 6.08 Å². The molecule has 0 atom stereocenters. The fourth-order valence-corrected chi connectivity index (χ4v) is 1.86. The number of phenols is 1. The molecule has 0 aromatic heterocycles. The van der Waals surface area contributed by atoms with E-state index in [1.54, 1.807) is 36.4 Å². The van der Waals surface area contributed by atoms with Gasteiger partial charge in [0.25, 0.3) is 0 Å². The molecular formula is C18H16O5. The summed E-state index contributed by atoms with van der Waals surface area (Å²) in [4.78, 5) is 22.4. The molecule has 0 heterocycles. The van der Waals surface area contributed by atoms with Crippen molar-refractivity contribution in [1.29, 1.82) is 0 Å². The zero-order chi connectivity index (χ0) is 16.7. The van der Waals surface area contributed by atoms with Crippen LogP contribution in [0.2, 0.25) is 0 Å². The van der Waals surface area contributed by atoms with E-state index in [0.29, 0.717) is 11.3 Å². The van der Waals surface area contributed by atoms with Gasteiger partial charge in [-0.25, -0.2) is 0 Å². The molecule has 118 valence electrons. The molecule has 2 aromatic carbocycles. The van der Waals surface area contributed by atoms with Crippen molar-refractivity contribution < 1.29 is 24.5 Å². The van der Waals surface area contributed by atoms with Crippen LogP contribution in [0.5, 0.6) is 11.5 Å². The van der Waals surface area contributed by atoms with Crippen LogP contribution in [-0.4, -0.2) is 28.6 Å². The standard InChI is InChI=1S/C18H16O5/c19-15-7-5-14(6-8-15)17(20)9-4-13-2-1-3-16(12-13)23-11-10-18(21)22/h1-9,12,19H,10-11H2,(H,21,22). The maximum Gasteiger partial charge on any atom is 0.306 e. The van der Waals surface area contributed by atoms with Crippen LogP contribution in [-0.2, 0) is 4.79 Å². The van der Waals surface area contributed by atoms with Crippen LogP contribution in [0.4, 0.5) is 0 Å². The molecular weight excluding hydrogens is 296 g/mol. The van der Waals surface area contributed by atoms with Crippen molar-refractivity contribution >= 4 is 17.8 Å². The average molecular weight is 312 g/mol.